The number of nitrogens with two attached hydrogens (primary N) is 1. The Labute approximate surface area is 124 Å². The van der Waals surface area contributed by atoms with Gasteiger partial charge in [0.05, 0.1) is 11.3 Å². The van der Waals surface area contributed by atoms with E-state index in [-0.39, 0.29) is 0 Å². The monoisotopic (exact) mass is 362 g/mol. The molecule has 0 bridgehead atoms. The lowest BCUT2D eigenvalue weighted by atomic mass is 10.0. The predicted molar refractivity (Wildman–Crippen MR) is 84.4 cm³/mol. The van der Waals surface area contributed by atoms with Crippen LogP contribution in [0.5, 0.6) is 0 Å². The van der Waals surface area contributed by atoms with Gasteiger partial charge in [-0.15, -0.1) is 0 Å². The summed E-state index contributed by atoms with van der Waals surface area (Å²) in [5, 5.41) is 7.13. The lowest BCUT2D eigenvalue weighted by Crippen LogP contribution is -1.89. The molecule has 5 heteroatoms. The fourth-order valence-corrected chi connectivity index (χ4v) is 2.35. The molecule has 0 aliphatic rings. The summed E-state index contributed by atoms with van der Waals surface area (Å²) in [5.41, 5.74) is 9.90. The number of aromatic amines is 1. The van der Waals surface area contributed by atoms with Gasteiger partial charge in [0.15, 0.2) is 5.82 Å². The molecule has 0 saturated heterocycles. The van der Waals surface area contributed by atoms with Crippen molar-refractivity contribution in [3.05, 3.63) is 52.4 Å². The summed E-state index contributed by atoms with van der Waals surface area (Å²) in [5.74, 6) is 0.500. The first-order valence-corrected chi connectivity index (χ1v) is 6.84. The molecule has 19 heavy (non-hydrogen) atoms. The first-order valence-electron chi connectivity index (χ1n) is 5.76. The third-order valence-electron chi connectivity index (χ3n) is 2.90. The van der Waals surface area contributed by atoms with Crippen molar-refractivity contribution in [2.75, 3.05) is 5.73 Å². The number of nitrogen functional groups attached to an aromatic ring is 1. The van der Waals surface area contributed by atoms with Crippen LogP contribution in [-0.2, 0) is 0 Å². The second-order valence-electron chi connectivity index (χ2n) is 4.10. The van der Waals surface area contributed by atoms with Crippen molar-refractivity contribution in [1.82, 2.24) is 15.2 Å². The van der Waals surface area contributed by atoms with Crippen molar-refractivity contribution in [1.29, 1.82) is 0 Å². The van der Waals surface area contributed by atoms with Crippen molar-refractivity contribution in [3.63, 3.8) is 0 Å². The van der Waals surface area contributed by atoms with E-state index in [0.29, 0.717) is 5.82 Å². The van der Waals surface area contributed by atoms with Gasteiger partial charge in [0.1, 0.15) is 0 Å². The molecule has 0 aliphatic carbocycles. The highest BCUT2D eigenvalue weighted by Crippen LogP contribution is 2.34. The van der Waals surface area contributed by atoms with Crippen molar-refractivity contribution in [3.8, 4) is 22.4 Å². The van der Waals surface area contributed by atoms with Gasteiger partial charge < -0.3 is 5.73 Å². The van der Waals surface area contributed by atoms with Crippen LogP contribution in [0, 0.1) is 3.57 Å². The van der Waals surface area contributed by atoms with E-state index >= 15 is 0 Å². The van der Waals surface area contributed by atoms with Crippen LogP contribution in [0.15, 0.2) is 48.8 Å². The summed E-state index contributed by atoms with van der Waals surface area (Å²) in [6, 6.07) is 12.1. The SMILES string of the molecule is Nc1n[nH]c(-c2ccc(I)cc2)c1-c1ccncc1. The van der Waals surface area contributed by atoms with Crippen LogP contribution in [0.25, 0.3) is 22.4 Å². The molecule has 3 rings (SSSR count). The average molecular weight is 362 g/mol. The van der Waals surface area contributed by atoms with Gasteiger partial charge in [0, 0.05) is 21.5 Å². The molecule has 1 aromatic carbocycles. The van der Waals surface area contributed by atoms with Crippen LogP contribution in [0.1, 0.15) is 0 Å². The van der Waals surface area contributed by atoms with E-state index in [2.05, 4.69) is 62.0 Å². The summed E-state index contributed by atoms with van der Waals surface area (Å²) < 4.78 is 1.19. The van der Waals surface area contributed by atoms with Crippen molar-refractivity contribution < 1.29 is 0 Å². The summed E-state index contributed by atoms with van der Waals surface area (Å²) in [6.07, 6.45) is 3.50. The quantitative estimate of drug-likeness (QED) is 0.688. The summed E-state index contributed by atoms with van der Waals surface area (Å²) in [7, 11) is 0. The van der Waals surface area contributed by atoms with Crippen LogP contribution >= 0.6 is 22.6 Å². The van der Waals surface area contributed by atoms with Crippen LogP contribution in [-0.4, -0.2) is 15.2 Å². The lowest BCUT2D eigenvalue weighted by molar-refractivity contribution is 1.10. The van der Waals surface area contributed by atoms with Gasteiger partial charge in [-0.1, -0.05) is 12.1 Å². The van der Waals surface area contributed by atoms with Gasteiger partial charge in [-0.3, -0.25) is 10.1 Å². The molecule has 4 nitrogen and oxygen atoms in total. The molecule has 2 heterocycles. The summed E-state index contributed by atoms with van der Waals surface area (Å²) >= 11 is 2.28. The number of aromatic nitrogens is 3. The van der Waals surface area contributed by atoms with Gasteiger partial charge in [0.25, 0.3) is 0 Å². The van der Waals surface area contributed by atoms with Crippen LogP contribution in [0.3, 0.4) is 0 Å². The minimum atomic E-state index is 0.500. The van der Waals surface area contributed by atoms with Crippen LogP contribution in [0.2, 0.25) is 0 Å². The largest absolute Gasteiger partial charge is 0.382 e. The second-order valence-corrected chi connectivity index (χ2v) is 5.35. The number of H-pyrrole nitrogens is 1. The predicted octanol–water partition coefficient (Wildman–Crippen LogP) is 3.33. The summed E-state index contributed by atoms with van der Waals surface area (Å²) in [4.78, 5) is 4.03. The molecule has 2 aromatic heterocycles. The highest BCUT2D eigenvalue weighted by molar-refractivity contribution is 14.1. The minimum Gasteiger partial charge on any atom is -0.382 e. The molecule has 0 radical (unpaired) electrons. The van der Waals surface area contributed by atoms with E-state index in [0.717, 1.165) is 22.4 Å². The molecule has 0 spiro atoms. The Hall–Kier alpha value is -1.89. The Morgan fingerprint density at radius 2 is 1.63 bits per heavy atom. The average Bonchev–Trinajstić information content (AvgIpc) is 2.82. The zero-order valence-corrected chi connectivity index (χ0v) is 12.1. The van der Waals surface area contributed by atoms with Gasteiger partial charge in [-0.2, -0.15) is 5.10 Å². The molecule has 0 unspecified atom stereocenters. The Balaban J connectivity index is 2.16. The third-order valence-corrected chi connectivity index (χ3v) is 3.62. The number of nitrogens with zero attached hydrogens (tertiary/aromatic N) is 2. The molecule has 0 fully saturated rings. The molecule has 3 N–H and O–H groups in total. The van der Waals surface area contributed by atoms with E-state index in [4.69, 9.17) is 5.73 Å². The smallest absolute Gasteiger partial charge is 0.153 e. The maximum atomic E-state index is 5.98. The lowest BCUT2D eigenvalue weighted by Gasteiger charge is -2.04. The Bertz CT molecular complexity index is 689. The number of anilines is 1. The van der Waals surface area contributed by atoms with Crippen molar-refractivity contribution >= 4 is 28.4 Å². The fraction of sp³-hybridized carbons (Fsp3) is 0. The number of benzene rings is 1. The molecule has 0 saturated carbocycles. The Kier molecular flexibility index (Phi) is 3.20. The van der Waals surface area contributed by atoms with Crippen molar-refractivity contribution in [2.24, 2.45) is 0 Å². The zero-order valence-electron chi connectivity index (χ0n) is 9.97. The Morgan fingerprint density at radius 1 is 0.947 bits per heavy atom. The van der Waals surface area contributed by atoms with Gasteiger partial charge >= 0.3 is 0 Å². The van der Waals surface area contributed by atoms with Crippen LogP contribution < -0.4 is 5.73 Å². The second kappa shape index (κ2) is 5.00. The van der Waals surface area contributed by atoms with Gasteiger partial charge in [-0.25, -0.2) is 0 Å². The van der Waals surface area contributed by atoms with E-state index in [1.54, 1.807) is 12.4 Å². The third kappa shape index (κ3) is 2.33. The molecule has 3 aromatic rings. The molecular weight excluding hydrogens is 351 g/mol. The number of nitrogens with one attached hydrogen (secondary N) is 1. The number of hydrogen-bond acceptors (Lipinski definition) is 3. The fourth-order valence-electron chi connectivity index (χ4n) is 1.99. The maximum Gasteiger partial charge on any atom is 0.153 e. The Morgan fingerprint density at radius 3 is 2.32 bits per heavy atom. The molecular formula is C14H11IN4. The molecule has 94 valence electrons. The minimum absolute atomic E-state index is 0.500. The van der Waals surface area contributed by atoms with E-state index < -0.39 is 0 Å². The molecule has 0 amide bonds. The van der Waals surface area contributed by atoms with E-state index in [1.165, 1.54) is 3.57 Å². The van der Waals surface area contributed by atoms with Crippen molar-refractivity contribution in [2.45, 2.75) is 0 Å². The number of hydrogen-bond donors (Lipinski definition) is 2. The first kappa shape index (κ1) is 12.2. The molecule has 0 atom stereocenters. The normalized spacial score (nSPS) is 10.6. The highest BCUT2D eigenvalue weighted by atomic mass is 127. The number of pyridine rings is 1. The number of halogens is 1. The number of rotatable bonds is 2. The highest BCUT2D eigenvalue weighted by Gasteiger charge is 2.14. The van der Waals surface area contributed by atoms with Crippen LogP contribution in [0.4, 0.5) is 5.82 Å². The standard InChI is InChI=1S/C14H11IN4/c15-11-3-1-10(2-4-11)13-12(14(16)19-18-13)9-5-7-17-8-6-9/h1-8H,(H3,16,18,19). The topological polar surface area (TPSA) is 67.6 Å². The van der Waals surface area contributed by atoms with E-state index in [9.17, 15) is 0 Å². The zero-order chi connectivity index (χ0) is 13.2. The first-order chi connectivity index (χ1) is 9.25. The molecule has 0 aliphatic heterocycles. The van der Waals surface area contributed by atoms with Gasteiger partial charge in [-0.05, 0) is 52.4 Å². The maximum absolute atomic E-state index is 5.98. The van der Waals surface area contributed by atoms with Gasteiger partial charge in [0.2, 0.25) is 0 Å². The summed E-state index contributed by atoms with van der Waals surface area (Å²) in [6.45, 7) is 0. The van der Waals surface area contributed by atoms with E-state index in [1.807, 2.05) is 12.1 Å².